The van der Waals surface area contributed by atoms with E-state index < -0.39 is 0 Å². The molecule has 7 nitrogen and oxygen atoms in total. The van der Waals surface area contributed by atoms with Crippen LogP contribution in [0.2, 0.25) is 0 Å². The summed E-state index contributed by atoms with van der Waals surface area (Å²) in [5.41, 5.74) is 1.04. The largest absolute Gasteiger partial charge is 0.355 e. The molecule has 0 bridgehead atoms. The molecule has 1 amide bonds. The lowest BCUT2D eigenvalue weighted by Gasteiger charge is -1.97. The van der Waals surface area contributed by atoms with Crippen LogP contribution in [0.3, 0.4) is 0 Å². The van der Waals surface area contributed by atoms with Gasteiger partial charge in [0.2, 0.25) is 11.7 Å². The minimum atomic E-state index is -0.373. The minimum absolute atomic E-state index is 0.116. The summed E-state index contributed by atoms with van der Waals surface area (Å²) in [6.45, 7) is 0.116. The second kappa shape index (κ2) is 6.70. The Morgan fingerprint density at radius 2 is 1.96 bits per heavy atom. The third-order valence-electron chi connectivity index (χ3n) is 3.41. The zero-order chi connectivity index (χ0) is 17.1. The molecule has 0 saturated heterocycles. The molecule has 1 aromatic carbocycles. The Labute approximate surface area is 146 Å². The molecule has 0 saturated carbocycles. The number of nitrogens with one attached hydrogen (secondary N) is 1. The third kappa shape index (κ3) is 3.33. The van der Waals surface area contributed by atoms with Crippen molar-refractivity contribution in [3.8, 4) is 22.0 Å². The van der Waals surface area contributed by atoms with Crippen molar-refractivity contribution in [2.75, 3.05) is 0 Å². The van der Waals surface area contributed by atoms with Crippen molar-refractivity contribution in [2.24, 2.45) is 0 Å². The van der Waals surface area contributed by atoms with Crippen LogP contribution in [-0.2, 0) is 6.54 Å². The molecule has 25 heavy (non-hydrogen) atoms. The van der Waals surface area contributed by atoms with Crippen molar-refractivity contribution in [3.05, 3.63) is 65.5 Å². The van der Waals surface area contributed by atoms with Gasteiger partial charge in [0.15, 0.2) is 11.5 Å². The van der Waals surface area contributed by atoms with E-state index in [0.29, 0.717) is 17.5 Å². The first-order valence-corrected chi connectivity index (χ1v) is 8.34. The van der Waals surface area contributed by atoms with Crippen molar-refractivity contribution in [2.45, 2.75) is 6.54 Å². The van der Waals surface area contributed by atoms with E-state index in [1.165, 1.54) is 11.3 Å². The molecule has 0 atom stereocenters. The van der Waals surface area contributed by atoms with Gasteiger partial charge in [-0.1, -0.05) is 46.7 Å². The Hall–Kier alpha value is -3.26. The Kier molecular flexibility index (Phi) is 4.09. The quantitative estimate of drug-likeness (QED) is 0.592. The van der Waals surface area contributed by atoms with Crippen LogP contribution in [0.1, 0.15) is 16.4 Å². The van der Waals surface area contributed by atoms with E-state index >= 15 is 0 Å². The summed E-state index contributed by atoms with van der Waals surface area (Å²) >= 11 is 1.52. The second-order valence-electron chi connectivity index (χ2n) is 5.11. The summed E-state index contributed by atoms with van der Waals surface area (Å²) in [5, 5.41) is 12.3. The van der Waals surface area contributed by atoms with Crippen LogP contribution in [-0.4, -0.2) is 21.2 Å². The standard InChI is InChI=1S/C17H12N4O3S/c22-17(12-9-13(23-20-12)11-5-2-1-3-6-11)18-10-15-19-16(21-24-15)14-7-4-8-25-14/h1-9H,10H2,(H,18,22). The van der Waals surface area contributed by atoms with Crippen molar-refractivity contribution < 1.29 is 13.8 Å². The van der Waals surface area contributed by atoms with E-state index in [4.69, 9.17) is 9.05 Å². The van der Waals surface area contributed by atoms with Crippen LogP contribution in [0.25, 0.3) is 22.0 Å². The van der Waals surface area contributed by atoms with Gasteiger partial charge in [-0.05, 0) is 11.4 Å². The summed E-state index contributed by atoms with van der Waals surface area (Å²) in [7, 11) is 0. The van der Waals surface area contributed by atoms with E-state index in [1.807, 2.05) is 47.8 Å². The molecule has 0 spiro atoms. The molecule has 0 fully saturated rings. The first kappa shape index (κ1) is 15.3. The predicted octanol–water partition coefficient (Wildman–Crippen LogP) is 3.38. The average molecular weight is 352 g/mol. The molecule has 3 heterocycles. The van der Waals surface area contributed by atoms with Gasteiger partial charge in [0.1, 0.15) is 0 Å². The smallest absolute Gasteiger partial charge is 0.273 e. The molecule has 1 N–H and O–H groups in total. The maximum absolute atomic E-state index is 12.2. The highest BCUT2D eigenvalue weighted by molar-refractivity contribution is 7.13. The number of carbonyl (C=O) groups excluding carboxylic acids is 1. The molecule has 0 aliphatic carbocycles. The van der Waals surface area contributed by atoms with Gasteiger partial charge in [-0.15, -0.1) is 11.3 Å². The molecule has 124 valence electrons. The Morgan fingerprint density at radius 3 is 2.76 bits per heavy atom. The first-order chi connectivity index (χ1) is 12.3. The maximum atomic E-state index is 12.2. The molecule has 0 unspecified atom stereocenters. The summed E-state index contributed by atoms with van der Waals surface area (Å²) in [5.74, 6) is 0.987. The highest BCUT2D eigenvalue weighted by atomic mass is 32.1. The third-order valence-corrected chi connectivity index (χ3v) is 4.28. The van der Waals surface area contributed by atoms with Gasteiger partial charge in [0.25, 0.3) is 5.91 Å². The SMILES string of the molecule is O=C(NCc1nc(-c2cccs2)no1)c1cc(-c2ccccc2)on1. The number of amides is 1. The van der Waals surface area contributed by atoms with Crippen LogP contribution in [0.5, 0.6) is 0 Å². The normalized spacial score (nSPS) is 10.7. The van der Waals surface area contributed by atoms with Gasteiger partial charge in [0.05, 0.1) is 11.4 Å². The number of benzene rings is 1. The lowest BCUT2D eigenvalue weighted by molar-refractivity contribution is 0.0937. The number of carbonyl (C=O) groups is 1. The van der Waals surface area contributed by atoms with Gasteiger partial charge in [0, 0.05) is 11.6 Å². The summed E-state index contributed by atoms with van der Waals surface area (Å²) in [6.07, 6.45) is 0. The fourth-order valence-corrected chi connectivity index (χ4v) is 2.85. The van der Waals surface area contributed by atoms with Crippen LogP contribution in [0, 0.1) is 0 Å². The maximum Gasteiger partial charge on any atom is 0.273 e. The van der Waals surface area contributed by atoms with Gasteiger partial charge in [-0.2, -0.15) is 4.98 Å². The van der Waals surface area contributed by atoms with Crippen molar-refractivity contribution in [3.63, 3.8) is 0 Å². The number of aromatic nitrogens is 3. The zero-order valence-corrected chi connectivity index (χ0v) is 13.7. The van der Waals surface area contributed by atoms with Crippen molar-refractivity contribution >= 4 is 17.2 Å². The van der Waals surface area contributed by atoms with Crippen molar-refractivity contribution in [1.29, 1.82) is 0 Å². The summed E-state index contributed by atoms with van der Waals surface area (Å²) in [6, 6.07) is 14.8. The predicted molar refractivity (Wildman–Crippen MR) is 90.7 cm³/mol. The number of nitrogens with zero attached hydrogens (tertiary/aromatic N) is 3. The van der Waals surface area contributed by atoms with Gasteiger partial charge < -0.3 is 14.4 Å². The van der Waals surface area contributed by atoms with E-state index in [-0.39, 0.29) is 18.1 Å². The van der Waals surface area contributed by atoms with E-state index in [0.717, 1.165) is 10.4 Å². The fraction of sp³-hybridized carbons (Fsp3) is 0.0588. The molecular weight excluding hydrogens is 340 g/mol. The Morgan fingerprint density at radius 1 is 1.08 bits per heavy atom. The highest BCUT2D eigenvalue weighted by Crippen LogP contribution is 2.21. The molecular formula is C17H12N4O3S. The van der Waals surface area contributed by atoms with Crippen molar-refractivity contribution in [1.82, 2.24) is 20.6 Å². The second-order valence-corrected chi connectivity index (χ2v) is 6.06. The lowest BCUT2D eigenvalue weighted by atomic mass is 10.1. The summed E-state index contributed by atoms with van der Waals surface area (Å²) < 4.78 is 10.4. The lowest BCUT2D eigenvalue weighted by Crippen LogP contribution is -2.23. The van der Waals surface area contributed by atoms with Crippen LogP contribution >= 0.6 is 11.3 Å². The molecule has 0 aliphatic rings. The van der Waals surface area contributed by atoms with E-state index in [2.05, 4.69) is 20.6 Å². The first-order valence-electron chi connectivity index (χ1n) is 7.46. The average Bonchev–Trinajstić information content (AvgIpc) is 3.41. The molecule has 4 aromatic rings. The highest BCUT2D eigenvalue weighted by Gasteiger charge is 2.15. The van der Waals surface area contributed by atoms with Gasteiger partial charge in [-0.25, -0.2) is 0 Å². The van der Waals surface area contributed by atoms with E-state index in [1.54, 1.807) is 6.07 Å². The topological polar surface area (TPSA) is 94.1 Å². The fourth-order valence-electron chi connectivity index (χ4n) is 2.20. The number of hydrogen-bond donors (Lipinski definition) is 1. The monoisotopic (exact) mass is 352 g/mol. The minimum Gasteiger partial charge on any atom is -0.355 e. The van der Waals surface area contributed by atoms with Crippen LogP contribution in [0.4, 0.5) is 0 Å². The van der Waals surface area contributed by atoms with Crippen LogP contribution in [0.15, 0.2) is 63.0 Å². The molecule has 0 radical (unpaired) electrons. The van der Waals surface area contributed by atoms with Crippen LogP contribution < -0.4 is 5.32 Å². The number of rotatable bonds is 5. The molecule has 3 aromatic heterocycles. The number of hydrogen-bond acceptors (Lipinski definition) is 7. The Balaban J connectivity index is 1.40. The summed E-state index contributed by atoms with van der Waals surface area (Å²) in [4.78, 5) is 17.3. The van der Waals surface area contributed by atoms with E-state index in [9.17, 15) is 4.79 Å². The Bertz CT molecular complexity index is 976. The molecule has 4 rings (SSSR count). The molecule has 8 heteroatoms. The molecule has 0 aliphatic heterocycles. The number of thiophene rings is 1. The zero-order valence-electron chi connectivity index (χ0n) is 12.9. The van der Waals surface area contributed by atoms with Gasteiger partial charge >= 0.3 is 0 Å². The van der Waals surface area contributed by atoms with Gasteiger partial charge in [-0.3, -0.25) is 4.79 Å².